The normalized spacial score (nSPS) is 26.8. The summed E-state index contributed by atoms with van der Waals surface area (Å²) in [6, 6.07) is 7.96. The summed E-state index contributed by atoms with van der Waals surface area (Å²) >= 11 is 0. The second-order valence-corrected chi connectivity index (χ2v) is 7.45. The van der Waals surface area contributed by atoms with E-state index in [1.54, 1.807) is 30.3 Å². The Balaban J connectivity index is 1.66. The summed E-state index contributed by atoms with van der Waals surface area (Å²) in [5.74, 6) is -0.188. The number of hydrogen-bond donors (Lipinski definition) is 1. The van der Waals surface area contributed by atoms with Gasteiger partial charge in [-0.2, -0.15) is 0 Å². The molecule has 0 unspecified atom stereocenters. The maximum Gasteiger partial charge on any atom is 0.323 e. The van der Waals surface area contributed by atoms with Gasteiger partial charge in [0.15, 0.2) is 0 Å². The molecular weight excluding hydrogens is 304 g/mol. The van der Waals surface area contributed by atoms with Crippen molar-refractivity contribution < 1.29 is 17.9 Å². The van der Waals surface area contributed by atoms with Gasteiger partial charge in [0, 0.05) is 19.0 Å². The van der Waals surface area contributed by atoms with Crippen molar-refractivity contribution in [2.24, 2.45) is 0 Å². The second-order valence-electron chi connectivity index (χ2n) is 5.74. The molecule has 7 heteroatoms. The SMILES string of the molecule is O=C1OCC[C@H]1N1CCC[C@H](NS(=O)(=O)c2ccccc2)C1. The first kappa shape index (κ1) is 15.5. The van der Waals surface area contributed by atoms with E-state index in [4.69, 9.17) is 4.74 Å². The van der Waals surface area contributed by atoms with Gasteiger partial charge in [0.1, 0.15) is 6.04 Å². The predicted molar refractivity (Wildman–Crippen MR) is 80.7 cm³/mol. The van der Waals surface area contributed by atoms with E-state index in [1.165, 1.54) is 0 Å². The molecule has 6 nitrogen and oxygen atoms in total. The Morgan fingerprint density at radius 1 is 1.18 bits per heavy atom. The summed E-state index contributed by atoms with van der Waals surface area (Å²) in [6.45, 7) is 1.82. The van der Waals surface area contributed by atoms with Crippen molar-refractivity contribution in [2.75, 3.05) is 19.7 Å². The average molecular weight is 324 g/mol. The molecule has 2 saturated heterocycles. The molecule has 2 aliphatic heterocycles. The van der Waals surface area contributed by atoms with Crippen LogP contribution in [0.2, 0.25) is 0 Å². The van der Waals surface area contributed by atoms with Crippen LogP contribution in [0.3, 0.4) is 0 Å². The van der Waals surface area contributed by atoms with Crippen LogP contribution in [-0.2, 0) is 19.6 Å². The third-order valence-electron chi connectivity index (χ3n) is 4.18. The number of rotatable bonds is 4. The second kappa shape index (κ2) is 6.36. The predicted octanol–water partition coefficient (Wildman–Crippen LogP) is 0.745. The lowest BCUT2D eigenvalue weighted by molar-refractivity contribution is -0.142. The Morgan fingerprint density at radius 2 is 1.95 bits per heavy atom. The number of carbonyl (C=O) groups excluding carboxylic acids is 1. The fourth-order valence-electron chi connectivity index (χ4n) is 3.09. The minimum atomic E-state index is -3.51. The van der Waals surface area contributed by atoms with Gasteiger partial charge in [0.25, 0.3) is 0 Å². The molecule has 0 bridgehead atoms. The maximum absolute atomic E-state index is 12.4. The molecule has 1 N–H and O–H groups in total. The lowest BCUT2D eigenvalue weighted by Gasteiger charge is -2.35. The zero-order chi connectivity index (χ0) is 15.6. The molecule has 22 heavy (non-hydrogen) atoms. The van der Waals surface area contributed by atoms with E-state index in [1.807, 2.05) is 4.90 Å². The van der Waals surface area contributed by atoms with Crippen LogP contribution < -0.4 is 4.72 Å². The largest absolute Gasteiger partial charge is 0.464 e. The molecule has 2 fully saturated rings. The van der Waals surface area contributed by atoms with Crippen LogP contribution in [0.15, 0.2) is 35.2 Å². The first-order valence-electron chi connectivity index (χ1n) is 7.54. The van der Waals surface area contributed by atoms with Crippen molar-refractivity contribution in [3.05, 3.63) is 30.3 Å². The van der Waals surface area contributed by atoms with E-state index in [0.717, 1.165) is 19.4 Å². The third kappa shape index (κ3) is 3.31. The van der Waals surface area contributed by atoms with E-state index in [-0.39, 0.29) is 22.9 Å². The molecule has 0 spiro atoms. The Labute approximate surface area is 130 Å². The Morgan fingerprint density at radius 3 is 2.64 bits per heavy atom. The third-order valence-corrected chi connectivity index (χ3v) is 5.71. The number of piperidine rings is 1. The van der Waals surface area contributed by atoms with Gasteiger partial charge in [0.05, 0.1) is 11.5 Å². The molecular formula is C15H20N2O4S. The molecule has 3 rings (SSSR count). The van der Waals surface area contributed by atoms with Crippen LogP contribution in [-0.4, -0.2) is 51.1 Å². The molecule has 2 heterocycles. The number of sulfonamides is 1. The fraction of sp³-hybridized carbons (Fsp3) is 0.533. The van der Waals surface area contributed by atoms with Crippen molar-refractivity contribution in [3.63, 3.8) is 0 Å². The van der Waals surface area contributed by atoms with Crippen molar-refractivity contribution in [1.82, 2.24) is 9.62 Å². The molecule has 0 aromatic heterocycles. The highest BCUT2D eigenvalue weighted by Gasteiger charge is 2.36. The molecule has 0 saturated carbocycles. The first-order valence-corrected chi connectivity index (χ1v) is 9.03. The van der Waals surface area contributed by atoms with Crippen LogP contribution in [0, 0.1) is 0 Å². The van der Waals surface area contributed by atoms with Crippen LogP contribution in [0.5, 0.6) is 0 Å². The quantitative estimate of drug-likeness (QED) is 0.827. The van der Waals surface area contributed by atoms with Gasteiger partial charge in [-0.05, 0) is 31.5 Å². The Bertz CT molecular complexity index is 632. The Kier molecular flexibility index (Phi) is 4.46. The number of nitrogens with zero attached hydrogens (tertiary/aromatic N) is 1. The number of carbonyl (C=O) groups is 1. The minimum Gasteiger partial charge on any atom is -0.464 e. The zero-order valence-corrected chi connectivity index (χ0v) is 13.1. The van der Waals surface area contributed by atoms with E-state index in [2.05, 4.69) is 4.72 Å². The van der Waals surface area contributed by atoms with Gasteiger partial charge in [0.2, 0.25) is 10.0 Å². The Hall–Kier alpha value is -1.44. The molecule has 2 aliphatic rings. The summed E-state index contributed by atoms with van der Waals surface area (Å²) in [6.07, 6.45) is 2.34. The molecule has 2 atom stereocenters. The molecule has 120 valence electrons. The van der Waals surface area contributed by atoms with Crippen molar-refractivity contribution in [1.29, 1.82) is 0 Å². The van der Waals surface area contributed by atoms with Crippen LogP contribution >= 0.6 is 0 Å². The van der Waals surface area contributed by atoms with Gasteiger partial charge in [-0.15, -0.1) is 0 Å². The van der Waals surface area contributed by atoms with Gasteiger partial charge >= 0.3 is 5.97 Å². The number of cyclic esters (lactones) is 1. The van der Waals surface area contributed by atoms with Crippen LogP contribution in [0.4, 0.5) is 0 Å². The minimum absolute atomic E-state index is 0.174. The molecule has 0 aliphatic carbocycles. The standard InChI is InChI=1S/C15H20N2O4S/c18-15-14(8-10-21-15)17-9-4-5-12(11-17)16-22(19,20)13-6-2-1-3-7-13/h1-3,6-7,12,14,16H,4-5,8-11H2/t12-,14+/m0/s1. The molecule has 0 amide bonds. The van der Waals surface area contributed by atoms with Crippen LogP contribution in [0.1, 0.15) is 19.3 Å². The van der Waals surface area contributed by atoms with Crippen molar-refractivity contribution in [3.8, 4) is 0 Å². The van der Waals surface area contributed by atoms with E-state index in [0.29, 0.717) is 19.6 Å². The average Bonchev–Trinajstić information content (AvgIpc) is 2.94. The van der Waals surface area contributed by atoms with E-state index in [9.17, 15) is 13.2 Å². The molecule has 0 radical (unpaired) electrons. The molecule has 1 aromatic carbocycles. The fourth-order valence-corrected chi connectivity index (χ4v) is 4.37. The number of ether oxygens (including phenoxy) is 1. The summed E-state index contributed by atoms with van der Waals surface area (Å²) in [7, 11) is -3.51. The number of likely N-dealkylation sites (tertiary alicyclic amines) is 1. The van der Waals surface area contributed by atoms with Gasteiger partial charge in [-0.25, -0.2) is 13.1 Å². The summed E-state index contributed by atoms with van der Waals surface area (Å²) in [5, 5.41) is 0. The highest BCUT2D eigenvalue weighted by Crippen LogP contribution is 2.21. The summed E-state index contributed by atoms with van der Waals surface area (Å²) in [4.78, 5) is 14.0. The first-order chi connectivity index (χ1) is 10.6. The van der Waals surface area contributed by atoms with Gasteiger partial charge in [-0.1, -0.05) is 18.2 Å². The van der Waals surface area contributed by atoms with Gasteiger partial charge in [-0.3, -0.25) is 9.69 Å². The van der Waals surface area contributed by atoms with E-state index >= 15 is 0 Å². The summed E-state index contributed by atoms with van der Waals surface area (Å²) < 4.78 is 32.5. The maximum atomic E-state index is 12.4. The van der Waals surface area contributed by atoms with Crippen molar-refractivity contribution >= 4 is 16.0 Å². The van der Waals surface area contributed by atoms with Gasteiger partial charge < -0.3 is 4.74 Å². The number of benzene rings is 1. The molecule has 1 aromatic rings. The van der Waals surface area contributed by atoms with Crippen molar-refractivity contribution in [2.45, 2.75) is 36.2 Å². The summed E-state index contributed by atoms with van der Waals surface area (Å²) in [5.41, 5.74) is 0. The number of hydrogen-bond acceptors (Lipinski definition) is 5. The lowest BCUT2D eigenvalue weighted by Crippen LogP contribution is -2.52. The monoisotopic (exact) mass is 324 g/mol. The number of esters is 1. The highest BCUT2D eigenvalue weighted by molar-refractivity contribution is 7.89. The smallest absolute Gasteiger partial charge is 0.323 e. The zero-order valence-electron chi connectivity index (χ0n) is 12.3. The van der Waals surface area contributed by atoms with Crippen LogP contribution in [0.25, 0.3) is 0 Å². The van der Waals surface area contributed by atoms with E-state index < -0.39 is 10.0 Å². The topological polar surface area (TPSA) is 75.7 Å². The lowest BCUT2D eigenvalue weighted by atomic mass is 10.0. The highest BCUT2D eigenvalue weighted by atomic mass is 32.2. The number of nitrogens with one attached hydrogen (secondary N) is 1.